The first kappa shape index (κ1) is 17.6. The van der Waals surface area contributed by atoms with Gasteiger partial charge in [-0.3, -0.25) is 4.79 Å². The minimum Gasteiger partial charge on any atom is -0.491 e. The highest BCUT2D eigenvalue weighted by Gasteiger charge is 2.22. The van der Waals surface area contributed by atoms with Crippen molar-refractivity contribution in [2.75, 3.05) is 31.1 Å². The number of carbonyl (C=O) groups is 1. The molecule has 0 unspecified atom stereocenters. The van der Waals surface area contributed by atoms with Gasteiger partial charge < -0.3 is 14.5 Å². The first-order valence-corrected chi connectivity index (χ1v) is 8.97. The van der Waals surface area contributed by atoms with E-state index in [9.17, 15) is 4.79 Å². The Balaban J connectivity index is 1.63. The van der Waals surface area contributed by atoms with E-state index in [1.807, 2.05) is 61.2 Å². The largest absolute Gasteiger partial charge is 0.491 e. The van der Waals surface area contributed by atoms with E-state index in [0.29, 0.717) is 18.7 Å². The number of benzene rings is 2. The number of nitrogens with zero attached hydrogens (tertiary/aromatic N) is 2. The number of anilines is 1. The van der Waals surface area contributed by atoms with Gasteiger partial charge in [0.25, 0.3) is 5.91 Å². The third kappa shape index (κ3) is 4.45. The van der Waals surface area contributed by atoms with Crippen LogP contribution in [0.15, 0.2) is 48.5 Å². The molecule has 0 aliphatic carbocycles. The number of piperazine rings is 1. The number of hydrogen-bond donors (Lipinski definition) is 0. The molecule has 2 aromatic rings. The van der Waals surface area contributed by atoms with Gasteiger partial charge in [-0.05, 0) is 50.2 Å². The summed E-state index contributed by atoms with van der Waals surface area (Å²) in [5, 5.41) is 0.734. The van der Waals surface area contributed by atoms with Crippen LogP contribution in [-0.2, 0) is 0 Å². The maximum Gasteiger partial charge on any atom is 0.254 e. The van der Waals surface area contributed by atoms with E-state index in [1.54, 1.807) is 0 Å². The lowest BCUT2D eigenvalue weighted by molar-refractivity contribution is 0.0746. The van der Waals surface area contributed by atoms with E-state index in [0.717, 1.165) is 29.5 Å². The van der Waals surface area contributed by atoms with Crippen molar-refractivity contribution in [1.82, 2.24) is 4.90 Å². The van der Waals surface area contributed by atoms with Gasteiger partial charge in [-0.1, -0.05) is 23.7 Å². The molecule has 1 heterocycles. The van der Waals surface area contributed by atoms with Crippen molar-refractivity contribution in [1.29, 1.82) is 0 Å². The standard InChI is InChI=1S/C20H23ClN2O2/c1-15(2)25-19-8-3-5-16(13-19)20(24)23-11-9-22(10-12-23)18-7-4-6-17(21)14-18/h3-8,13-15H,9-12H2,1-2H3. The van der Waals surface area contributed by atoms with Gasteiger partial charge in [0.2, 0.25) is 0 Å². The molecular weight excluding hydrogens is 336 g/mol. The normalized spacial score (nSPS) is 14.7. The smallest absolute Gasteiger partial charge is 0.254 e. The minimum absolute atomic E-state index is 0.0555. The van der Waals surface area contributed by atoms with Crippen LogP contribution in [0.2, 0.25) is 5.02 Å². The van der Waals surface area contributed by atoms with Crippen LogP contribution in [-0.4, -0.2) is 43.1 Å². The van der Waals surface area contributed by atoms with Gasteiger partial charge in [0.15, 0.2) is 0 Å². The monoisotopic (exact) mass is 358 g/mol. The van der Waals surface area contributed by atoms with Crippen LogP contribution in [0.5, 0.6) is 5.75 Å². The van der Waals surface area contributed by atoms with E-state index in [-0.39, 0.29) is 12.0 Å². The highest BCUT2D eigenvalue weighted by Crippen LogP contribution is 2.22. The second-order valence-electron chi connectivity index (χ2n) is 6.45. The molecule has 4 nitrogen and oxygen atoms in total. The summed E-state index contributed by atoms with van der Waals surface area (Å²) in [5.74, 6) is 0.790. The van der Waals surface area contributed by atoms with Crippen molar-refractivity contribution in [2.45, 2.75) is 20.0 Å². The molecule has 132 valence electrons. The van der Waals surface area contributed by atoms with Crippen molar-refractivity contribution in [2.24, 2.45) is 0 Å². The Bertz CT molecular complexity index is 740. The first-order valence-electron chi connectivity index (χ1n) is 8.59. The molecule has 0 radical (unpaired) electrons. The second kappa shape index (κ2) is 7.79. The molecule has 0 saturated carbocycles. The van der Waals surface area contributed by atoms with Gasteiger partial charge in [0.05, 0.1) is 6.10 Å². The van der Waals surface area contributed by atoms with Gasteiger partial charge >= 0.3 is 0 Å². The Labute approximate surface area is 154 Å². The van der Waals surface area contributed by atoms with E-state index >= 15 is 0 Å². The van der Waals surface area contributed by atoms with Crippen LogP contribution in [0.3, 0.4) is 0 Å². The Hall–Kier alpha value is -2.20. The van der Waals surface area contributed by atoms with Crippen LogP contribution >= 0.6 is 11.6 Å². The molecule has 2 aromatic carbocycles. The minimum atomic E-state index is 0.0555. The number of rotatable bonds is 4. The zero-order chi connectivity index (χ0) is 17.8. The van der Waals surface area contributed by atoms with E-state index in [2.05, 4.69) is 11.0 Å². The summed E-state index contributed by atoms with van der Waals surface area (Å²) in [4.78, 5) is 16.9. The van der Waals surface area contributed by atoms with Gasteiger partial charge in [0.1, 0.15) is 5.75 Å². The van der Waals surface area contributed by atoms with Gasteiger partial charge in [0, 0.05) is 42.5 Å². The number of ether oxygens (including phenoxy) is 1. The summed E-state index contributed by atoms with van der Waals surface area (Å²) in [6.07, 6.45) is 0.0894. The van der Waals surface area contributed by atoms with E-state index in [4.69, 9.17) is 16.3 Å². The average Bonchev–Trinajstić information content (AvgIpc) is 2.61. The van der Waals surface area contributed by atoms with Crippen LogP contribution in [0.25, 0.3) is 0 Å². The number of halogens is 1. The maximum absolute atomic E-state index is 12.8. The fraction of sp³-hybridized carbons (Fsp3) is 0.350. The quantitative estimate of drug-likeness (QED) is 0.825. The SMILES string of the molecule is CC(C)Oc1cccc(C(=O)N2CCN(c3cccc(Cl)c3)CC2)c1. The molecule has 5 heteroatoms. The molecule has 1 aliphatic heterocycles. The van der Waals surface area contributed by atoms with E-state index < -0.39 is 0 Å². The fourth-order valence-electron chi connectivity index (χ4n) is 3.00. The lowest BCUT2D eigenvalue weighted by atomic mass is 10.1. The molecule has 0 atom stereocenters. The highest BCUT2D eigenvalue weighted by molar-refractivity contribution is 6.30. The lowest BCUT2D eigenvalue weighted by Gasteiger charge is -2.36. The summed E-state index contributed by atoms with van der Waals surface area (Å²) in [6, 6.07) is 15.3. The van der Waals surface area contributed by atoms with Crippen molar-refractivity contribution < 1.29 is 9.53 Å². The summed E-state index contributed by atoms with van der Waals surface area (Å²) < 4.78 is 5.69. The molecule has 25 heavy (non-hydrogen) atoms. The summed E-state index contributed by atoms with van der Waals surface area (Å²) in [6.45, 7) is 6.94. The number of hydrogen-bond acceptors (Lipinski definition) is 3. The predicted octanol–water partition coefficient (Wildman–Crippen LogP) is 4.09. The summed E-state index contributed by atoms with van der Waals surface area (Å²) >= 11 is 6.07. The highest BCUT2D eigenvalue weighted by atomic mass is 35.5. The summed E-state index contributed by atoms with van der Waals surface area (Å²) in [5.41, 5.74) is 1.78. The maximum atomic E-state index is 12.8. The number of amides is 1. The Morgan fingerprint density at radius 2 is 1.76 bits per heavy atom. The third-order valence-electron chi connectivity index (χ3n) is 4.19. The zero-order valence-corrected chi connectivity index (χ0v) is 15.4. The van der Waals surface area contributed by atoms with Crippen LogP contribution in [0, 0.1) is 0 Å². The Morgan fingerprint density at radius 3 is 2.44 bits per heavy atom. The first-order chi connectivity index (χ1) is 12.0. The molecule has 0 bridgehead atoms. The van der Waals surface area contributed by atoms with Crippen LogP contribution < -0.4 is 9.64 Å². The molecule has 1 aliphatic rings. The molecule has 3 rings (SSSR count). The van der Waals surface area contributed by atoms with Crippen molar-refractivity contribution in [3.05, 3.63) is 59.1 Å². The average molecular weight is 359 g/mol. The van der Waals surface area contributed by atoms with Gasteiger partial charge in [-0.15, -0.1) is 0 Å². The molecule has 1 amide bonds. The van der Waals surface area contributed by atoms with Gasteiger partial charge in [-0.2, -0.15) is 0 Å². The molecular formula is C20H23ClN2O2. The Kier molecular flexibility index (Phi) is 5.49. The lowest BCUT2D eigenvalue weighted by Crippen LogP contribution is -2.48. The van der Waals surface area contributed by atoms with Crippen molar-refractivity contribution in [3.63, 3.8) is 0 Å². The van der Waals surface area contributed by atoms with Crippen LogP contribution in [0.4, 0.5) is 5.69 Å². The molecule has 0 N–H and O–H groups in total. The molecule has 0 spiro atoms. The molecule has 0 aromatic heterocycles. The number of carbonyl (C=O) groups excluding carboxylic acids is 1. The second-order valence-corrected chi connectivity index (χ2v) is 6.89. The molecule has 1 fully saturated rings. The van der Waals surface area contributed by atoms with Crippen LogP contribution in [0.1, 0.15) is 24.2 Å². The third-order valence-corrected chi connectivity index (χ3v) is 4.43. The Morgan fingerprint density at radius 1 is 1.04 bits per heavy atom. The van der Waals surface area contributed by atoms with Crippen molar-refractivity contribution >= 4 is 23.2 Å². The van der Waals surface area contributed by atoms with Gasteiger partial charge in [-0.25, -0.2) is 0 Å². The van der Waals surface area contributed by atoms with Crippen molar-refractivity contribution in [3.8, 4) is 5.75 Å². The topological polar surface area (TPSA) is 32.8 Å². The molecule has 1 saturated heterocycles. The zero-order valence-electron chi connectivity index (χ0n) is 14.6. The van der Waals surface area contributed by atoms with E-state index in [1.165, 1.54) is 0 Å². The predicted molar refractivity (Wildman–Crippen MR) is 102 cm³/mol. The fourth-order valence-corrected chi connectivity index (χ4v) is 3.18. The summed E-state index contributed by atoms with van der Waals surface area (Å²) in [7, 11) is 0.